The van der Waals surface area contributed by atoms with Crippen LogP contribution in [0.2, 0.25) is 0 Å². The van der Waals surface area contributed by atoms with Crippen LogP contribution in [0.3, 0.4) is 0 Å². The molecule has 2 aromatic rings. The normalized spacial score (nSPS) is 14.6. The molecule has 1 atom stereocenters. The number of carbonyl (C=O) groups is 3. The van der Waals surface area contributed by atoms with E-state index in [4.69, 9.17) is 0 Å². The maximum Gasteiger partial charge on any atom is 1.00 e. The van der Waals surface area contributed by atoms with E-state index in [1.54, 1.807) is 36.8 Å². The average Bonchev–Trinajstić information content (AvgIpc) is 3.22. The fourth-order valence-electron chi connectivity index (χ4n) is 5.26. The standard InChI is InChI=1S/C27H31FNO3.C5H6NO2.C2H3NO3S.2Li/c28-27-17-25(32)16-21-10-8-20(9-13-26(21)27)7-5-3-1-2-4-6-14-29-24-12-11-22(18-30)23(15-24)19-31;7-4-2-1-3-5(8)6-4;1-2(4)3-7(5)6;;/h11-12,15-16,20,29,32H,1-10,13-14H2;2H,1,3H2,(H,6,7,8);1H2,(H,3,4,5,6);;/q-3;-1;-2;2*+1. The van der Waals surface area contributed by atoms with E-state index in [1.165, 1.54) is 43.2 Å². The summed E-state index contributed by atoms with van der Waals surface area (Å²) in [5.41, 5.74) is 3.00. The predicted molar refractivity (Wildman–Crippen MR) is 173 cm³/mol. The van der Waals surface area contributed by atoms with Crippen molar-refractivity contribution in [3.05, 3.63) is 71.7 Å². The van der Waals surface area contributed by atoms with Gasteiger partial charge in [0.15, 0.2) is 0 Å². The predicted octanol–water partition coefficient (Wildman–Crippen LogP) is -1.62. The van der Waals surface area contributed by atoms with Crippen molar-refractivity contribution in [1.82, 2.24) is 10.0 Å². The van der Waals surface area contributed by atoms with Crippen molar-refractivity contribution in [2.24, 2.45) is 5.92 Å². The summed E-state index contributed by atoms with van der Waals surface area (Å²) >= 11 is 0. The molecule has 1 aliphatic carbocycles. The fraction of sp³-hybridized carbons (Fsp3) is 0.441. The number of nitrogens with one attached hydrogen (secondary N) is 3. The number of unbranched alkanes of at least 4 members (excludes halogenated alkanes) is 5. The number of benzene rings is 2. The van der Waals surface area contributed by atoms with Crippen molar-refractivity contribution in [2.45, 2.75) is 83.5 Å². The number of phenols is 1. The minimum absolute atomic E-state index is 0. The third-order valence-electron chi connectivity index (χ3n) is 7.59. The molecule has 1 aliphatic heterocycles. The van der Waals surface area contributed by atoms with E-state index in [2.05, 4.69) is 23.6 Å². The molecule has 4 rings (SSSR count). The van der Waals surface area contributed by atoms with Gasteiger partial charge in [-0.25, -0.2) is 10.5 Å². The number of phenolic OH excluding ortho intramolecular Hbond substituents is 1. The summed E-state index contributed by atoms with van der Waals surface area (Å²) in [4.78, 5) is 51.9. The summed E-state index contributed by atoms with van der Waals surface area (Å²) in [5, 5.41) is 15.0. The van der Waals surface area contributed by atoms with Crippen molar-refractivity contribution < 1.29 is 79.6 Å². The van der Waals surface area contributed by atoms with Gasteiger partial charge in [0.2, 0.25) is 5.91 Å². The number of imide groups is 1. The molecule has 0 saturated carbocycles. The molecule has 11 nitrogen and oxygen atoms in total. The van der Waals surface area contributed by atoms with Crippen LogP contribution in [-0.2, 0) is 56.1 Å². The molecule has 1 heterocycles. The first-order valence-corrected chi connectivity index (χ1v) is 16.6. The van der Waals surface area contributed by atoms with Gasteiger partial charge in [0.1, 0.15) is 0 Å². The fourth-order valence-corrected chi connectivity index (χ4v) is 5.44. The third kappa shape index (κ3) is 19.0. The van der Waals surface area contributed by atoms with E-state index in [0.29, 0.717) is 18.8 Å². The number of amides is 3. The Hall–Kier alpha value is -3.20. The van der Waals surface area contributed by atoms with Gasteiger partial charge in [-0.15, -0.1) is 29.3 Å². The van der Waals surface area contributed by atoms with Crippen LogP contribution >= 0.6 is 0 Å². The summed E-state index contributed by atoms with van der Waals surface area (Å²) in [5.74, 6) is -1.10. The second kappa shape index (κ2) is 25.7. The van der Waals surface area contributed by atoms with Crippen LogP contribution < -0.4 is 53.1 Å². The molecule has 0 bridgehead atoms. The first-order chi connectivity index (χ1) is 22.5. The number of hydrogen-bond acceptors (Lipinski definition) is 10. The Morgan fingerprint density at radius 2 is 1.65 bits per heavy atom. The summed E-state index contributed by atoms with van der Waals surface area (Å²) in [6.45, 7) is 3.56. The zero-order valence-corrected chi connectivity index (χ0v) is 29.0. The van der Waals surface area contributed by atoms with Gasteiger partial charge < -0.3 is 61.4 Å². The van der Waals surface area contributed by atoms with E-state index in [0.717, 1.165) is 61.9 Å². The molecule has 0 aromatic heterocycles. The van der Waals surface area contributed by atoms with Crippen molar-refractivity contribution >= 4 is 46.9 Å². The van der Waals surface area contributed by atoms with Gasteiger partial charge in [0, 0.05) is 35.4 Å². The van der Waals surface area contributed by atoms with Gasteiger partial charge in [-0.2, -0.15) is 12.5 Å². The van der Waals surface area contributed by atoms with Gasteiger partial charge in [0.05, 0.1) is 11.8 Å². The van der Waals surface area contributed by atoms with Crippen LogP contribution in [0.1, 0.15) is 92.9 Å². The molecule has 1 fully saturated rings. The zero-order chi connectivity index (χ0) is 34.6. The van der Waals surface area contributed by atoms with Crippen molar-refractivity contribution in [3.8, 4) is 5.75 Å². The van der Waals surface area contributed by atoms with E-state index in [-0.39, 0.29) is 72.2 Å². The Morgan fingerprint density at radius 3 is 2.22 bits per heavy atom. The number of aryl methyl sites for hydroxylation is 1. The average molecular weight is 684 g/mol. The van der Waals surface area contributed by atoms with Gasteiger partial charge in [-0.3, -0.25) is 15.9 Å². The summed E-state index contributed by atoms with van der Waals surface area (Å²) in [6, 6.07) is 9.07. The molecule has 2 aromatic carbocycles. The third-order valence-corrected chi connectivity index (χ3v) is 7.99. The maximum absolute atomic E-state index is 14.0. The number of rotatable bonds is 13. The van der Waals surface area contributed by atoms with E-state index < -0.39 is 16.8 Å². The maximum atomic E-state index is 14.0. The smallest absolute Gasteiger partial charge is 0.534 e. The summed E-state index contributed by atoms with van der Waals surface area (Å²) in [6.07, 6.45) is 18.0. The van der Waals surface area contributed by atoms with Crippen molar-refractivity contribution in [1.29, 1.82) is 0 Å². The zero-order valence-electron chi connectivity index (χ0n) is 28.2. The number of aromatic hydroxyl groups is 1. The molecule has 0 radical (unpaired) electrons. The molecule has 1 saturated heterocycles. The largest absolute Gasteiger partial charge is 1.00 e. The first-order valence-electron chi connectivity index (χ1n) is 15.5. The Bertz CT molecular complexity index is 1440. The number of hydrogen-bond donors (Lipinski definition) is 4. The topological polar surface area (TPSA) is 176 Å². The van der Waals surface area contributed by atoms with Crippen LogP contribution in [0.25, 0.3) is 0 Å². The first kappa shape index (κ1) is 45.8. The quantitative estimate of drug-likeness (QED) is 0.0483. The van der Waals surface area contributed by atoms with Crippen molar-refractivity contribution in [3.63, 3.8) is 0 Å². The van der Waals surface area contributed by atoms with Gasteiger partial charge in [-0.1, -0.05) is 51.4 Å². The second-order valence-corrected chi connectivity index (χ2v) is 11.8. The molecular weight excluding hydrogens is 643 g/mol. The van der Waals surface area contributed by atoms with E-state index in [1.807, 2.05) is 0 Å². The summed E-state index contributed by atoms with van der Waals surface area (Å²) < 4.78 is 34.4. The number of anilines is 1. The number of carbonyl (C=O) groups excluding carboxylic acids is 5. The Labute approximate surface area is 313 Å². The molecule has 49 heavy (non-hydrogen) atoms. The van der Waals surface area contributed by atoms with Gasteiger partial charge >= 0.3 is 37.7 Å². The van der Waals surface area contributed by atoms with Gasteiger partial charge in [-0.05, 0) is 43.4 Å². The number of piperidine rings is 1. The molecule has 1 unspecified atom stereocenters. The monoisotopic (exact) mass is 683 g/mol. The van der Waals surface area contributed by atoms with Crippen LogP contribution in [-0.4, -0.2) is 41.9 Å². The molecule has 0 spiro atoms. The SMILES string of the molecule is O=C1[CH-]CCC(=O)N1.O=[C-]c1ccc(NCCCCCCCCC2CCc3cc(O)[c-]c(F)c3CC2)cc1[C-]=O.[CH2-]C(=O)N[S-](=O)=O.[Li+].[Li+]. The molecule has 2 aliphatic rings. The Balaban J connectivity index is 0.00000112. The second-order valence-electron chi connectivity index (χ2n) is 11.1. The molecule has 4 N–H and O–H groups in total. The van der Waals surface area contributed by atoms with Gasteiger partial charge in [0.25, 0.3) is 0 Å². The van der Waals surface area contributed by atoms with Crippen LogP contribution in [0.4, 0.5) is 10.1 Å². The molecule has 258 valence electrons. The van der Waals surface area contributed by atoms with Crippen LogP contribution in [0, 0.1) is 31.1 Å². The molecule has 15 heteroatoms. The van der Waals surface area contributed by atoms with Crippen LogP contribution in [0.15, 0.2) is 24.3 Å². The van der Waals surface area contributed by atoms with E-state index in [9.17, 15) is 41.9 Å². The summed E-state index contributed by atoms with van der Waals surface area (Å²) in [7, 11) is -2.51. The minimum Gasteiger partial charge on any atom is -0.534 e. The number of fused-ring (bicyclic) bond motifs is 1. The van der Waals surface area contributed by atoms with Crippen molar-refractivity contribution in [2.75, 3.05) is 11.9 Å². The Morgan fingerprint density at radius 1 is 1.00 bits per heavy atom. The van der Waals surface area contributed by atoms with E-state index >= 15 is 0 Å². The molecule has 3 amide bonds. The molecular formula is C34H40FLi2N3O8S-4. The van der Waals surface area contributed by atoms with Crippen LogP contribution in [0.5, 0.6) is 5.75 Å². The Kier molecular flexibility index (Phi) is 24.1. The number of halogens is 1. The minimum atomic E-state index is -2.51.